The zero-order chi connectivity index (χ0) is 18.7. The highest BCUT2D eigenvalue weighted by molar-refractivity contribution is 7.92. The van der Waals surface area contributed by atoms with E-state index in [0.717, 1.165) is 32.0 Å². The standard InChI is InChI=1S/C16H20ClN5O3S/c1-21-7-9-22(10-8-21)16-6-5-15(18-19-16)20-26(23,24)12-3-4-14(25-2)13(17)11-12/h3-6,11H,7-10H2,1-2H3,(H,18,20). The lowest BCUT2D eigenvalue weighted by Gasteiger charge is -2.32. The van der Waals surface area contributed by atoms with E-state index in [-0.39, 0.29) is 15.7 Å². The summed E-state index contributed by atoms with van der Waals surface area (Å²) in [4.78, 5) is 4.38. The van der Waals surface area contributed by atoms with E-state index < -0.39 is 10.0 Å². The second-order valence-electron chi connectivity index (χ2n) is 5.97. The molecule has 26 heavy (non-hydrogen) atoms. The largest absolute Gasteiger partial charge is 0.495 e. The maximum absolute atomic E-state index is 12.5. The van der Waals surface area contributed by atoms with Gasteiger partial charge >= 0.3 is 0 Å². The number of benzene rings is 1. The molecule has 0 amide bonds. The number of ether oxygens (including phenoxy) is 1. The molecule has 1 fully saturated rings. The van der Waals surface area contributed by atoms with Gasteiger partial charge in [0.05, 0.1) is 17.0 Å². The second kappa shape index (κ2) is 7.65. The van der Waals surface area contributed by atoms with Crippen LogP contribution in [0.15, 0.2) is 35.2 Å². The molecule has 1 N–H and O–H groups in total. The van der Waals surface area contributed by atoms with Crippen LogP contribution in [0.1, 0.15) is 0 Å². The third-order valence-electron chi connectivity index (χ3n) is 4.15. The third-order valence-corrected chi connectivity index (χ3v) is 5.80. The fraction of sp³-hybridized carbons (Fsp3) is 0.375. The van der Waals surface area contributed by atoms with Crippen molar-refractivity contribution in [3.8, 4) is 5.75 Å². The Morgan fingerprint density at radius 2 is 1.85 bits per heavy atom. The van der Waals surface area contributed by atoms with E-state index >= 15 is 0 Å². The first-order valence-electron chi connectivity index (χ1n) is 8.02. The van der Waals surface area contributed by atoms with Crippen molar-refractivity contribution >= 4 is 33.3 Å². The van der Waals surface area contributed by atoms with Crippen LogP contribution in [0.2, 0.25) is 5.02 Å². The average molecular weight is 398 g/mol. The van der Waals surface area contributed by atoms with Gasteiger partial charge in [0.25, 0.3) is 10.0 Å². The molecule has 0 saturated carbocycles. The van der Waals surface area contributed by atoms with Gasteiger partial charge < -0.3 is 14.5 Å². The Bertz CT molecular complexity index is 868. The summed E-state index contributed by atoms with van der Waals surface area (Å²) in [5.74, 6) is 1.28. The van der Waals surface area contributed by atoms with E-state index in [1.165, 1.54) is 25.3 Å². The molecular weight excluding hydrogens is 378 g/mol. The number of sulfonamides is 1. The van der Waals surface area contributed by atoms with Crippen molar-refractivity contribution in [2.45, 2.75) is 4.90 Å². The smallest absolute Gasteiger partial charge is 0.263 e. The highest BCUT2D eigenvalue weighted by atomic mass is 35.5. The number of methoxy groups -OCH3 is 1. The zero-order valence-corrected chi connectivity index (χ0v) is 16.1. The second-order valence-corrected chi connectivity index (χ2v) is 8.06. The normalized spacial score (nSPS) is 15.7. The molecule has 1 aromatic heterocycles. The maximum atomic E-state index is 12.5. The molecule has 8 nitrogen and oxygen atoms in total. The molecule has 1 aromatic carbocycles. The molecule has 0 atom stereocenters. The molecule has 0 bridgehead atoms. The SMILES string of the molecule is COc1ccc(S(=O)(=O)Nc2ccc(N3CCN(C)CC3)nn2)cc1Cl. The molecule has 2 aromatic rings. The summed E-state index contributed by atoms with van der Waals surface area (Å²) >= 11 is 6.00. The van der Waals surface area contributed by atoms with Gasteiger partial charge in [-0.1, -0.05) is 11.6 Å². The average Bonchev–Trinajstić information content (AvgIpc) is 2.63. The van der Waals surface area contributed by atoms with E-state index in [2.05, 4.69) is 31.8 Å². The Morgan fingerprint density at radius 1 is 1.12 bits per heavy atom. The van der Waals surface area contributed by atoms with E-state index in [9.17, 15) is 8.42 Å². The van der Waals surface area contributed by atoms with Gasteiger partial charge in [-0.3, -0.25) is 4.72 Å². The molecule has 140 valence electrons. The van der Waals surface area contributed by atoms with Gasteiger partial charge in [0.15, 0.2) is 11.6 Å². The first-order valence-corrected chi connectivity index (χ1v) is 9.89. The number of hydrogen-bond donors (Lipinski definition) is 1. The van der Waals surface area contributed by atoms with Gasteiger partial charge in [0, 0.05) is 26.2 Å². The van der Waals surface area contributed by atoms with Crippen LogP contribution in [0, 0.1) is 0 Å². The molecule has 0 spiro atoms. The predicted molar refractivity (Wildman–Crippen MR) is 101 cm³/mol. The highest BCUT2D eigenvalue weighted by Crippen LogP contribution is 2.27. The van der Waals surface area contributed by atoms with E-state index in [4.69, 9.17) is 16.3 Å². The zero-order valence-electron chi connectivity index (χ0n) is 14.5. The lowest BCUT2D eigenvalue weighted by atomic mass is 10.3. The summed E-state index contributed by atoms with van der Waals surface area (Å²) in [5, 5.41) is 8.34. The Labute approximate surface area is 157 Å². The van der Waals surface area contributed by atoms with Crippen molar-refractivity contribution in [3.63, 3.8) is 0 Å². The molecule has 0 aliphatic carbocycles. The molecule has 0 radical (unpaired) electrons. The quantitative estimate of drug-likeness (QED) is 0.821. The minimum absolute atomic E-state index is 0.0215. The summed E-state index contributed by atoms with van der Waals surface area (Å²) in [5.41, 5.74) is 0. The Balaban J connectivity index is 1.72. The molecule has 1 aliphatic rings. The summed E-state index contributed by atoms with van der Waals surface area (Å²) in [6.45, 7) is 3.63. The van der Waals surface area contributed by atoms with Crippen LogP contribution in [-0.2, 0) is 10.0 Å². The summed E-state index contributed by atoms with van der Waals surface area (Å²) < 4.78 is 32.4. The minimum Gasteiger partial charge on any atom is -0.495 e. The topological polar surface area (TPSA) is 87.7 Å². The monoisotopic (exact) mass is 397 g/mol. The summed E-state index contributed by atoms with van der Waals surface area (Å²) in [6.07, 6.45) is 0. The van der Waals surface area contributed by atoms with Crippen LogP contribution in [0.5, 0.6) is 5.75 Å². The first-order chi connectivity index (χ1) is 12.4. The van der Waals surface area contributed by atoms with Gasteiger partial charge in [-0.15, -0.1) is 10.2 Å². The number of nitrogens with zero attached hydrogens (tertiary/aromatic N) is 4. The Hall–Kier alpha value is -2.10. The van der Waals surface area contributed by atoms with Crippen LogP contribution in [0.25, 0.3) is 0 Å². The molecule has 0 unspecified atom stereocenters. The van der Waals surface area contributed by atoms with Gasteiger partial charge in [-0.25, -0.2) is 8.42 Å². The number of likely N-dealkylation sites (N-methyl/N-ethyl adjacent to an activating group) is 1. The number of hydrogen-bond acceptors (Lipinski definition) is 7. The van der Waals surface area contributed by atoms with Crippen LogP contribution in [-0.4, -0.2) is 63.9 Å². The molecule has 1 aliphatic heterocycles. The lowest BCUT2D eigenvalue weighted by Crippen LogP contribution is -2.44. The number of anilines is 2. The van der Waals surface area contributed by atoms with Crippen LogP contribution in [0.4, 0.5) is 11.6 Å². The number of rotatable bonds is 5. The minimum atomic E-state index is -3.82. The fourth-order valence-corrected chi connectivity index (χ4v) is 3.94. The Kier molecular flexibility index (Phi) is 5.49. The van der Waals surface area contributed by atoms with E-state index in [1.807, 2.05) is 0 Å². The highest BCUT2D eigenvalue weighted by Gasteiger charge is 2.19. The maximum Gasteiger partial charge on any atom is 0.263 e. The molecule has 10 heteroatoms. The number of halogens is 1. The van der Waals surface area contributed by atoms with Crippen molar-refractivity contribution in [3.05, 3.63) is 35.4 Å². The summed E-state index contributed by atoms with van der Waals surface area (Å²) in [6, 6.07) is 7.60. The van der Waals surface area contributed by atoms with Gasteiger partial charge in [0.2, 0.25) is 0 Å². The first kappa shape index (κ1) is 18.7. The van der Waals surface area contributed by atoms with Crippen molar-refractivity contribution < 1.29 is 13.2 Å². The molecule has 1 saturated heterocycles. The van der Waals surface area contributed by atoms with Gasteiger partial charge in [-0.05, 0) is 37.4 Å². The molecule has 2 heterocycles. The number of aromatic nitrogens is 2. The van der Waals surface area contributed by atoms with Crippen molar-refractivity contribution in [1.82, 2.24) is 15.1 Å². The van der Waals surface area contributed by atoms with E-state index in [0.29, 0.717) is 5.75 Å². The van der Waals surface area contributed by atoms with Gasteiger partial charge in [0.1, 0.15) is 5.75 Å². The molecular formula is C16H20ClN5O3S. The molecule has 3 rings (SSSR count). The number of nitrogens with one attached hydrogen (secondary N) is 1. The van der Waals surface area contributed by atoms with Crippen molar-refractivity contribution in [2.24, 2.45) is 0 Å². The van der Waals surface area contributed by atoms with E-state index in [1.54, 1.807) is 12.1 Å². The third kappa shape index (κ3) is 4.17. The predicted octanol–water partition coefficient (Wildman–Crippen LogP) is 1.69. The van der Waals surface area contributed by atoms with Gasteiger partial charge in [-0.2, -0.15) is 0 Å². The number of piperazine rings is 1. The summed E-state index contributed by atoms with van der Waals surface area (Å²) in [7, 11) is -0.279. The van der Waals surface area contributed by atoms with Crippen LogP contribution >= 0.6 is 11.6 Å². The van der Waals surface area contributed by atoms with Crippen LogP contribution < -0.4 is 14.4 Å². The van der Waals surface area contributed by atoms with Crippen molar-refractivity contribution in [2.75, 3.05) is 50.0 Å². The fourth-order valence-electron chi connectivity index (χ4n) is 2.59. The van der Waals surface area contributed by atoms with Crippen LogP contribution in [0.3, 0.4) is 0 Å². The lowest BCUT2D eigenvalue weighted by molar-refractivity contribution is 0.312. The van der Waals surface area contributed by atoms with Crippen molar-refractivity contribution in [1.29, 1.82) is 0 Å². The Morgan fingerprint density at radius 3 is 2.42 bits per heavy atom.